The Hall–Kier alpha value is -3.06. The van der Waals surface area contributed by atoms with Gasteiger partial charge in [-0.1, -0.05) is 140 Å². The van der Waals surface area contributed by atoms with Crippen molar-refractivity contribution in [2.45, 2.75) is 154 Å². The summed E-state index contributed by atoms with van der Waals surface area (Å²) < 4.78 is 0. The minimum absolute atomic E-state index is 0.335. The second-order valence-electron chi connectivity index (χ2n) is 18.6. The van der Waals surface area contributed by atoms with Gasteiger partial charge >= 0.3 is 0 Å². The molecule has 2 saturated carbocycles. The molecule has 2 unspecified atom stereocenters. The number of nitrogens with zero attached hydrogens (tertiary/aromatic N) is 5. The second-order valence-corrected chi connectivity index (χ2v) is 18.6. The predicted molar refractivity (Wildman–Crippen MR) is 226 cm³/mol. The number of hydrogen-bond acceptors (Lipinski definition) is 5. The maximum Gasteiger partial charge on any atom is 0.194 e. The highest BCUT2D eigenvalue weighted by Crippen LogP contribution is 2.36. The minimum atomic E-state index is 0.335. The zero-order valence-electron chi connectivity index (χ0n) is 34.2. The summed E-state index contributed by atoms with van der Waals surface area (Å²) in [5.41, 5.74) is 10.8. The van der Waals surface area contributed by atoms with Crippen molar-refractivity contribution in [2.75, 3.05) is 39.3 Å². The number of benzene rings is 2. The summed E-state index contributed by atoms with van der Waals surface area (Å²) in [5.74, 6) is 4.20. The fraction of sp³-hybridized carbons (Fsp3) is 0.702. The van der Waals surface area contributed by atoms with Gasteiger partial charge in [-0.2, -0.15) is 0 Å². The highest BCUT2D eigenvalue weighted by molar-refractivity contribution is 5.80. The van der Waals surface area contributed by atoms with Gasteiger partial charge in [0.05, 0.1) is 12.6 Å². The van der Waals surface area contributed by atoms with Crippen molar-refractivity contribution < 1.29 is 0 Å². The molecule has 4 fully saturated rings. The van der Waals surface area contributed by atoms with Crippen molar-refractivity contribution in [3.63, 3.8) is 0 Å². The molecule has 2 saturated heterocycles. The zero-order valence-corrected chi connectivity index (χ0v) is 34.2. The number of guanidine groups is 2. The third-order valence-corrected chi connectivity index (χ3v) is 14.0. The number of nitrogens with one attached hydrogen (secondary N) is 1. The lowest BCUT2D eigenvalue weighted by molar-refractivity contribution is 0.137. The summed E-state index contributed by atoms with van der Waals surface area (Å²) in [6, 6.07) is 22.0. The van der Waals surface area contributed by atoms with Crippen LogP contribution < -0.4 is 5.73 Å². The van der Waals surface area contributed by atoms with Gasteiger partial charge in [0.2, 0.25) is 0 Å². The Morgan fingerprint density at radius 2 is 1.44 bits per heavy atom. The Bertz CT molecular complexity index is 1480. The van der Waals surface area contributed by atoms with E-state index in [1.54, 1.807) is 0 Å². The number of hydrogen-bond donors (Lipinski definition) is 2. The molecule has 7 rings (SSSR count). The van der Waals surface area contributed by atoms with Crippen LogP contribution in [0, 0.1) is 23.2 Å². The van der Waals surface area contributed by atoms with Gasteiger partial charge in [0.15, 0.2) is 11.9 Å². The molecule has 296 valence electrons. The molecule has 7 nitrogen and oxygen atoms in total. The van der Waals surface area contributed by atoms with Crippen molar-refractivity contribution in [3.8, 4) is 0 Å². The lowest BCUT2D eigenvalue weighted by atomic mass is 9.83. The Morgan fingerprint density at radius 1 is 0.741 bits per heavy atom. The Labute approximate surface area is 328 Å². The molecule has 3 N–H and O–H groups in total. The van der Waals surface area contributed by atoms with Crippen LogP contribution >= 0.6 is 0 Å². The minimum Gasteiger partial charge on any atom is -0.370 e. The van der Waals surface area contributed by atoms with E-state index in [-0.39, 0.29) is 0 Å². The molecular weight excluding hydrogens is 663 g/mol. The summed E-state index contributed by atoms with van der Waals surface area (Å²) in [6.07, 6.45) is 20.9. The molecule has 0 spiro atoms. The molecule has 5 aliphatic rings. The normalized spacial score (nSPS) is 25.9. The highest BCUT2D eigenvalue weighted by atomic mass is 15.5. The van der Waals surface area contributed by atoms with E-state index in [0.717, 1.165) is 75.9 Å². The zero-order chi connectivity index (χ0) is 37.4. The maximum absolute atomic E-state index is 9.98. The molecule has 5 atom stereocenters. The van der Waals surface area contributed by atoms with E-state index in [4.69, 9.17) is 10.7 Å². The molecule has 2 aromatic carbocycles. The largest absolute Gasteiger partial charge is 0.370 e. The molecule has 0 radical (unpaired) electrons. The molecule has 2 aliphatic carbocycles. The fourth-order valence-electron chi connectivity index (χ4n) is 11.0. The van der Waals surface area contributed by atoms with E-state index in [2.05, 4.69) is 95.0 Å². The van der Waals surface area contributed by atoms with Crippen LogP contribution in [-0.4, -0.2) is 95.0 Å². The molecule has 3 aliphatic heterocycles. The van der Waals surface area contributed by atoms with Crippen LogP contribution in [0.2, 0.25) is 0 Å². The summed E-state index contributed by atoms with van der Waals surface area (Å²) in [6.45, 7) is 12.9. The van der Waals surface area contributed by atoms with Gasteiger partial charge in [0, 0.05) is 44.3 Å². The Kier molecular flexibility index (Phi) is 13.6. The van der Waals surface area contributed by atoms with Crippen molar-refractivity contribution >= 4 is 11.9 Å². The van der Waals surface area contributed by atoms with Gasteiger partial charge in [-0.15, -0.1) is 0 Å². The van der Waals surface area contributed by atoms with E-state index in [1.165, 1.54) is 107 Å². The Balaban J connectivity index is 1.08. The van der Waals surface area contributed by atoms with Crippen LogP contribution in [-0.2, 0) is 12.8 Å². The summed E-state index contributed by atoms with van der Waals surface area (Å²) in [7, 11) is 0. The van der Waals surface area contributed by atoms with E-state index in [0.29, 0.717) is 36.0 Å². The molecule has 0 amide bonds. The second kappa shape index (κ2) is 18.7. The topological polar surface area (TPSA) is 75.2 Å². The first-order valence-electron chi connectivity index (χ1n) is 22.4. The first-order chi connectivity index (χ1) is 26.3. The van der Waals surface area contributed by atoms with Gasteiger partial charge in [-0.25, -0.2) is 0 Å². The van der Waals surface area contributed by atoms with E-state index >= 15 is 0 Å². The molecule has 3 heterocycles. The smallest absolute Gasteiger partial charge is 0.194 e. The number of rotatable bonds is 16. The van der Waals surface area contributed by atoms with E-state index in [1.807, 2.05) is 0 Å². The number of nitrogens with two attached hydrogens (primary N) is 1. The number of aliphatic imine (C=N–C) groups is 1. The van der Waals surface area contributed by atoms with Gasteiger partial charge in [-0.05, 0) is 85.4 Å². The van der Waals surface area contributed by atoms with Crippen LogP contribution in [0.5, 0.6) is 0 Å². The van der Waals surface area contributed by atoms with Gasteiger partial charge in [0.25, 0.3) is 0 Å². The molecule has 2 aromatic rings. The fourth-order valence-corrected chi connectivity index (χ4v) is 11.0. The molecule has 7 heteroatoms. The van der Waals surface area contributed by atoms with Crippen molar-refractivity contribution in [1.29, 1.82) is 5.41 Å². The average Bonchev–Trinajstić information content (AvgIpc) is 3.86. The predicted octanol–water partition coefficient (Wildman–Crippen LogP) is 8.92. The lowest BCUT2D eigenvalue weighted by Gasteiger charge is -2.39. The van der Waals surface area contributed by atoms with Crippen LogP contribution in [0.3, 0.4) is 0 Å². The molecule has 0 bridgehead atoms. The van der Waals surface area contributed by atoms with E-state index < -0.39 is 0 Å². The van der Waals surface area contributed by atoms with Crippen LogP contribution in [0.15, 0.2) is 59.6 Å². The molecular formula is C47H73N7. The highest BCUT2D eigenvalue weighted by Gasteiger charge is 2.42. The van der Waals surface area contributed by atoms with Crippen molar-refractivity contribution in [3.05, 3.63) is 71.3 Å². The lowest BCUT2D eigenvalue weighted by Crippen LogP contribution is -2.52. The van der Waals surface area contributed by atoms with E-state index in [9.17, 15) is 5.41 Å². The molecule has 54 heavy (non-hydrogen) atoms. The first kappa shape index (κ1) is 39.2. The van der Waals surface area contributed by atoms with Gasteiger partial charge in [-0.3, -0.25) is 15.3 Å². The van der Waals surface area contributed by atoms with Gasteiger partial charge in [0.1, 0.15) is 0 Å². The quantitative estimate of drug-likeness (QED) is 0.180. The van der Waals surface area contributed by atoms with Crippen molar-refractivity contribution in [1.82, 2.24) is 19.6 Å². The van der Waals surface area contributed by atoms with Crippen LogP contribution in [0.4, 0.5) is 0 Å². The maximum atomic E-state index is 9.98. The summed E-state index contributed by atoms with van der Waals surface area (Å²) in [5, 5.41) is 9.98. The SMILES string of the molecule is CC(C)Cc1ccc(C(C)CN2C(=N)N([C@H](CC3CCCCC3)CN3CCCC3CN3C(N)=NC[C@@H]3Cc3ccccc3)C[C@H]2CC2CCCCC2)cc1. The monoisotopic (exact) mass is 736 g/mol. The Morgan fingerprint density at radius 3 is 2.15 bits per heavy atom. The summed E-state index contributed by atoms with van der Waals surface area (Å²) >= 11 is 0. The van der Waals surface area contributed by atoms with Crippen molar-refractivity contribution in [2.24, 2.45) is 28.5 Å². The third-order valence-electron chi connectivity index (χ3n) is 14.0. The van der Waals surface area contributed by atoms with Gasteiger partial charge < -0.3 is 20.4 Å². The standard InChI is InChI=1S/C47H73N7/c1-35(2)26-40-21-23-41(24-22-40)36(3)31-53-45(29-39-18-11-6-12-19-39)34-54(47(53)49)44(28-38-16-9-5-10-17-38)32-51-25-13-20-42(51)33-52-43(30-50-46(52)48)27-37-14-7-4-8-15-37/h4,7-8,14-15,21-24,35-36,38-39,42-45,49H,5-6,9-13,16-20,25-34H2,1-3H3,(H2,48,50)/t36?,42?,43-,44+,45+/m0/s1. The van der Waals surface area contributed by atoms with Crippen LogP contribution in [0.25, 0.3) is 0 Å². The first-order valence-corrected chi connectivity index (χ1v) is 22.4. The summed E-state index contributed by atoms with van der Waals surface area (Å²) in [4.78, 5) is 15.2. The van der Waals surface area contributed by atoms with Crippen LogP contribution in [0.1, 0.15) is 133 Å². The third kappa shape index (κ3) is 10.0. The number of likely N-dealkylation sites (tertiary alicyclic amines) is 1. The molecule has 0 aromatic heterocycles. The average molecular weight is 736 g/mol.